The van der Waals surface area contributed by atoms with E-state index >= 15 is 0 Å². The van der Waals surface area contributed by atoms with Crippen LogP contribution in [0.3, 0.4) is 0 Å². The van der Waals surface area contributed by atoms with Gasteiger partial charge < -0.3 is 4.90 Å². The lowest BCUT2D eigenvalue weighted by molar-refractivity contribution is -0.129. The van der Waals surface area contributed by atoms with Crippen LogP contribution < -0.4 is 5.32 Å². The molecule has 0 atom stereocenters. The molecule has 80 valence electrons. The number of likely N-dealkylation sites (N-methyl/N-ethyl adjacent to an activating group) is 1. The largest absolute Gasteiger partial charge is 0.326 e. The number of carbonyl (C=O) groups excluding carboxylic acids is 1. The summed E-state index contributed by atoms with van der Waals surface area (Å²) >= 11 is 0. The molecule has 2 fully saturated rings. The Morgan fingerprint density at radius 2 is 1.93 bits per heavy atom. The molecule has 1 amide bonds. The summed E-state index contributed by atoms with van der Waals surface area (Å²) in [7, 11) is -1.13. The van der Waals surface area contributed by atoms with Crippen molar-refractivity contribution in [3.8, 4) is 0 Å². The molecule has 0 aromatic rings. The van der Waals surface area contributed by atoms with Gasteiger partial charge in [0.1, 0.15) is 0 Å². The fourth-order valence-electron chi connectivity index (χ4n) is 2.10. The second kappa shape index (κ2) is 2.93. The number of nitrogens with zero attached hydrogens (tertiary/aromatic N) is 1. The van der Waals surface area contributed by atoms with Gasteiger partial charge in [-0.15, -0.1) is 0 Å². The molecule has 5 nitrogen and oxygen atoms in total. The zero-order valence-electron chi connectivity index (χ0n) is 8.12. The molecule has 0 aliphatic carbocycles. The standard InChI is InChI=1S/C8H14N2O3S/c1-10-7(11)6-9-8(10)2-4-14(12,13)5-3-8/h9H,2-6H2,1H3. The lowest BCUT2D eigenvalue weighted by atomic mass is 10.0. The van der Waals surface area contributed by atoms with Gasteiger partial charge in [-0.1, -0.05) is 0 Å². The molecule has 0 aromatic carbocycles. The van der Waals surface area contributed by atoms with E-state index in [-0.39, 0.29) is 23.1 Å². The first kappa shape index (κ1) is 9.92. The van der Waals surface area contributed by atoms with Crippen molar-refractivity contribution in [2.75, 3.05) is 25.1 Å². The van der Waals surface area contributed by atoms with E-state index in [1.54, 1.807) is 11.9 Å². The number of amides is 1. The van der Waals surface area contributed by atoms with Crippen molar-refractivity contribution in [3.63, 3.8) is 0 Å². The SMILES string of the molecule is CN1C(=O)CNC12CCS(=O)(=O)CC2. The highest BCUT2D eigenvalue weighted by Crippen LogP contribution is 2.29. The smallest absolute Gasteiger partial charge is 0.237 e. The molecule has 2 heterocycles. The molecule has 0 bridgehead atoms. The van der Waals surface area contributed by atoms with Crippen LogP contribution in [0, 0.1) is 0 Å². The number of rotatable bonds is 0. The Bertz CT molecular complexity index is 349. The predicted octanol–water partition coefficient (Wildman–Crippen LogP) is -1.05. The molecular formula is C8H14N2O3S. The van der Waals surface area contributed by atoms with Crippen LogP contribution in [0.5, 0.6) is 0 Å². The Morgan fingerprint density at radius 3 is 2.36 bits per heavy atom. The molecule has 0 saturated carbocycles. The van der Waals surface area contributed by atoms with E-state index in [0.717, 1.165) is 0 Å². The summed E-state index contributed by atoms with van der Waals surface area (Å²) in [6.45, 7) is 0.330. The maximum absolute atomic E-state index is 11.3. The van der Waals surface area contributed by atoms with Crippen LogP contribution >= 0.6 is 0 Å². The number of carbonyl (C=O) groups is 1. The summed E-state index contributed by atoms with van der Waals surface area (Å²) in [6.07, 6.45) is 1.02. The fourth-order valence-corrected chi connectivity index (χ4v) is 3.61. The Hall–Kier alpha value is -0.620. The summed E-state index contributed by atoms with van der Waals surface area (Å²) in [6, 6.07) is 0. The molecular weight excluding hydrogens is 204 g/mol. The Kier molecular flexibility index (Phi) is 2.08. The Labute approximate surface area is 83.4 Å². The maximum atomic E-state index is 11.3. The van der Waals surface area contributed by atoms with Crippen molar-refractivity contribution in [1.82, 2.24) is 10.2 Å². The van der Waals surface area contributed by atoms with Gasteiger partial charge in [0, 0.05) is 7.05 Å². The van der Waals surface area contributed by atoms with Gasteiger partial charge in [-0.25, -0.2) is 8.42 Å². The monoisotopic (exact) mass is 218 g/mol. The lowest BCUT2D eigenvalue weighted by Gasteiger charge is -2.38. The van der Waals surface area contributed by atoms with Crippen molar-refractivity contribution in [2.24, 2.45) is 0 Å². The first-order chi connectivity index (χ1) is 6.45. The van der Waals surface area contributed by atoms with E-state index in [1.165, 1.54) is 0 Å². The van der Waals surface area contributed by atoms with Crippen molar-refractivity contribution in [2.45, 2.75) is 18.5 Å². The van der Waals surface area contributed by atoms with E-state index in [9.17, 15) is 13.2 Å². The third-order valence-corrected chi connectivity index (χ3v) is 4.89. The third kappa shape index (κ3) is 1.42. The minimum atomic E-state index is -2.87. The number of hydrogen-bond donors (Lipinski definition) is 1. The quantitative estimate of drug-likeness (QED) is 0.563. The molecule has 0 radical (unpaired) electrons. The molecule has 14 heavy (non-hydrogen) atoms. The molecule has 2 saturated heterocycles. The van der Waals surface area contributed by atoms with Crippen LogP contribution in [-0.2, 0) is 14.6 Å². The Balaban J connectivity index is 2.17. The van der Waals surface area contributed by atoms with E-state index < -0.39 is 9.84 Å². The van der Waals surface area contributed by atoms with Crippen molar-refractivity contribution >= 4 is 15.7 Å². The summed E-state index contributed by atoms with van der Waals surface area (Å²) < 4.78 is 22.5. The molecule has 0 unspecified atom stereocenters. The average molecular weight is 218 g/mol. The molecule has 2 aliphatic rings. The van der Waals surface area contributed by atoms with Gasteiger partial charge in [0.25, 0.3) is 0 Å². The van der Waals surface area contributed by atoms with Crippen LogP contribution in [-0.4, -0.2) is 50.0 Å². The van der Waals surface area contributed by atoms with Crippen LogP contribution in [0.15, 0.2) is 0 Å². The van der Waals surface area contributed by atoms with E-state index in [1.807, 2.05) is 0 Å². The van der Waals surface area contributed by atoms with Crippen LogP contribution in [0.2, 0.25) is 0 Å². The zero-order chi connectivity index (χ0) is 10.4. The normalized spacial score (nSPS) is 29.8. The van der Waals surface area contributed by atoms with Crippen LogP contribution in [0.1, 0.15) is 12.8 Å². The first-order valence-corrected chi connectivity index (χ1v) is 6.49. The highest BCUT2D eigenvalue weighted by molar-refractivity contribution is 7.91. The minimum Gasteiger partial charge on any atom is -0.326 e. The predicted molar refractivity (Wildman–Crippen MR) is 51.4 cm³/mol. The number of nitrogens with one attached hydrogen (secondary N) is 1. The summed E-state index contributed by atoms with van der Waals surface area (Å²) in [5.74, 6) is 0.402. The molecule has 1 N–H and O–H groups in total. The van der Waals surface area contributed by atoms with Gasteiger partial charge in [0.2, 0.25) is 5.91 Å². The minimum absolute atomic E-state index is 0.0456. The molecule has 0 aromatic heterocycles. The van der Waals surface area contributed by atoms with Gasteiger partial charge in [-0.05, 0) is 12.8 Å². The van der Waals surface area contributed by atoms with Crippen molar-refractivity contribution < 1.29 is 13.2 Å². The molecule has 2 aliphatic heterocycles. The van der Waals surface area contributed by atoms with Gasteiger partial charge in [0.15, 0.2) is 9.84 Å². The van der Waals surface area contributed by atoms with Gasteiger partial charge in [-0.2, -0.15) is 0 Å². The van der Waals surface area contributed by atoms with E-state index in [4.69, 9.17) is 0 Å². The second-order valence-corrected chi connectivity index (χ2v) is 6.29. The van der Waals surface area contributed by atoms with Gasteiger partial charge >= 0.3 is 0 Å². The fraction of sp³-hybridized carbons (Fsp3) is 0.875. The summed E-state index contributed by atoms with van der Waals surface area (Å²) in [5, 5.41) is 3.12. The maximum Gasteiger partial charge on any atom is 0.237 e. The summed E-state index contributed by atoms with van der Waals surface area (Å²) in [5.41, 5.74) is -0.387. The highest BCUT2D eigenvalue weighted by atomic mass is 32.2. The number of sulfone groups is 1. The van der Waals surface area contributed by atoms with E-state index in [2.05, 4.69) is 5.32 Å². The van der Waals surface area contributed by atoms with Crippen molar-refractivity contribution in [3.05, 3.63) is 0 Å². The van der Waals surface area contributed by atoms with E-state index in [0.29, 0.717) is 19.4 Å². The average Bonchev–Trinajstić information content (AvgIpc) is 2.40. The lowest BCUT2D eigenvalue weighted by Crippen LogP contribution is -2.55. The Morgan fingerprint density at radius 1 is 1.36 bits per heavy atom. The van der Waals surface area contributed by atoms with Crippen LogP contribution in [0.25, 0.3) is 0 Å². The topological polar surface area (TPSA) is 66.5 Å². The molecule has 1 spiro atoms. The van der Waals surface area contributed by atoms with Crippen molar-refractivity contribution in [1.29, 1.82) is 0 Å². The third-order valence-electron chi connectivity index (χ3n) is 3.24. The zero-order valence-corrected chi connectivity index (χ0v) is 8.93. The first-order valence-electron chi connectivity index (χ1n) is 4.67. The number of hydrogen-bond acceptors (Lipinski definition) is 4. The van der Waals surface area contributed by atoms with Gasteiger partial charge in [-0.3, -0.25) is 10.1 Å². The highest BCUT2D eigenvalue weighted by Gasteiger charge is 2.46. The van der Waals surface area contributed by atoms with Gasteiger partial charge in [0.05, 0.1) is 23.7 Å². The summed E-state index contributed by atoms with van der Waals surface area (Å²) in [4.78, 5) is 13.0. The molecule has 2 rings (SSSR count). The second-order valence-electron chi connectivity index (χ2n) is 3.99. The molecule has 6 heteroatoms. The van der Waals surface area contributed by atoms with Crippen LogP contribution in [0.4, 0.5) is 0 Å².